The van der Waals surface area contributed by atoms with Crippen LogP contribution in [0.1, 0.15) is 23.0 Å². The fraction of sp³-hybridized carbons (Fsp3) is 0.111. The number of ketones is 1. The van der Waals surface area contributed by atoms with Gasteiger partial charge in [-0.05, 0) is 13.0 Å². The van der Waals surface area contributed by atoms with E-state index in [1.165, 1.54) is 19.2 Å². The normalized spacial score (nSPS) is 9.00. The molecule has 0 amide bonds. The number of hydrogen-bond acceptors (Lipinski definition) is 3. The van der Waals surface area contributed by atoms with Crippen LogP contribution in [0.5, 0.6) is 5.75 Å². The lowest BCUT2D eigenvalue weighted by molar-refractivity contribution is 0.101. The SMILES string of the molecule is C#Cc1cc(C(C)=O)c(O)cn1. The van der Waals surface area contributed by atoms with Crippen LogP contribution in [-0.2, 0) is 0 Å². The Morgan fingerprint density at radius 3 is 2.92 bits per heavy atom. The maximum atomic E-state index is 10.9. The first-order chi connectivity index (χ1) is 5.65. The highest BCUT2D eigenvalue weighted by molar-refractivity contribution is 5.96. The Morgan fingerprint density at radius 2 is 2.42 bits per heavy atom. The van der Waals surface area contributed by atoms with Gasteiger partial charge in [0.25, 0.3) is 0 Å². The molecule has 0 fully saturated rings. The number of Topliss-reactive ketones (excluding diaryl/α,β-unsaturated/α-hetero) is 1. The monoisotopic (exact) mass is 161 g/mol. The molecule has 0 spiro atoms. The highest BCUT2D eigenvalue weighted by Crippen LogP contribution is 2.15. The van der Waals surface area contributed by atoms with Crippen LogP contribution in [0.2, 0.25) is 0 Å². The van der Waals surface area contributed by atoms with E-state index in [0.29, 0.717) is 5.69 Å². The summed E-state index contributed by atoms with van der Waals surface area (Å²) < 4.78 is 0. The largest absolute Gasteiger partial charge is 0.506 e. The Morgan fingerprint density at radius 1 is 1.75 bits per heavy atom. The quantitative estimate of drug-likeness (QED) is 0.493. The lowest BCUT2D eigenvalue weighted by Crippen LogP contribution is -1.95. The highest BCUT2D eigenvalue weighted by atomic mass is 16.3. The predicted octanol–water partition coefficient (Wildman–Crippen LogP) is 0.971. The van der Waals surface area contributed by atoms with E-state index in [2.05, 4.69) is 10.9 Å². The van der Waals surface area contributed by atoms with Gasteiger partial charge in [0.15, 0.2) is 5.78 Å². The molecule has 12 heavy (non-hydrogen) atoms. The zero-order valence-electron chi connectivity index (χ0n) is 6.53. The Balaban J connectivity index is 3.28. The third kappa shape index (κ3) is 1.43. The molecule has 0 atom stereocenters. The summed E-state index contributed by atoms with van der Waals surface area (Å²) in [6.45, 7) is 1.36. The van der Waals surface area contributed by atoms with E-state index in [1.54, 1.807) is 0 Å². The number of nitrogens with zero attached hydrogens (tertiary/aromatic N) is 1. The van der Waals surface area contributed by atoms with Crippen molar-refractivity contribution in [1.82, 2.24) is 4.98 Å². The summed E-state index contributed by atoms with van der Waals surface area (Å²) in [5, 5.41) is 9.15. The van der Waals surface area contributed by atoms with Crippen LogP contribution in [-0.4, -0.2) is 15.9 Å². The molecule has 0 aromatic carbocycles. The molecule has 0 bridgehead atoms. The fourth-order valence-electron chi connectivity index (χ4n) is 0.809. The molecule has 0 aliphatic carbocycles. The molecule has 0 saturated carbocycles. The number of aromatic nitrogens is 1. The number of pyridine rings is 1. The van der Waals surface area contributed by atoms with Crippen molar-refractivity contribution in [1.29, 1.82) is 0 Å². The number of carbonyl (C=O) groups is 1. The van der Waals surface area contributed by atoms with E-state index in [9.17, 15) is 4.79 Å². The molecule has 0 radical (unpaired) electrons. The summed E-state index contributed by atoms with van der Waals surface area (Å²) in [7, 11) is 0. The summed E-state index contributed by atoms with van der Waals surface area (Å²) in [5.41, 5.74) is 0.552. The summed E-state index contributed by atoms with van der Waals surface area (Å²) in [5.74, 6) is 1.91. The van der Waals surface area contributed by atoms with Crippen molar-refractivity contribution in [2.45, 2.75) is 6.92 Å². The lowest BCUT2D eigenvalue weighted by Gasteiger charge is -1.98. The van der Waals surface area contributed by atoms with Gasteiger partial charge < -0.3 is 5.11 Å². The molecular formula is C9H7NO2. The zero-order valence-corrected chi connectivity index (χ0v) is 6.53. The Kier molecular flexibility index (Phi) is 2.11. The van der Waals surface area contributed by atoms with E-state index in [0.717, 1.165) is 0 Å². The average molecular weight is 161 g/mol. The van der Waals surface area contributed by atoms with Gasteiger partial charge in [0.05, 0.1) is 11.8 Å². The predicted molar refractivity (Wildman–Crippen MR) is 43.8 cm³/mol. The number of aromatic hydroxyl groups is 1. The van der Waals surface area contributed by atoms with Crippen molar-refractivity contribution >= 4 is 5.78 Å². The number of terminal acetylenes is 1. The number of carbonyl (C=O) groups excluding carboxylic acids is 1. The van der Waals surface area contributed by atoms with Gasteiger partial charge in [-0.25, -0.2) is 4.98 Å². The lowest BCUT2D eigenvalue weighted by atomic mass is 10.1. The molecule has 0 aliphatic rings. The Bertz CT molecular complexity index is 363. The summed E-state index contributed by atoms with van der Waals surface area (Å²) in [4.78, 5) is 14.6. The van der Waals surface area contributed by atoms with Gasteiger partial charge in [-0.1, -0.05) is 5.92 Å². The van der Waals surface area contributed by atoms with Crippen molar-refractivity contribution in [2.24, 2.45) is 0 Å². The van der Waals surface area contributed by atoms with Crippen molar-refractivity contribution < 1.29 is 9.90 Å². The molecule has 1 N–H and O–H groups in total. The van der Waals surface area contributed by atoms with Crippen LogP contribution in [0, 0.1) is 12.3 Å². The smallest absolute Gasteiger partial charge is 0.163 e. The van der Waals surface area contributed by atoms with Gasteiger partial charge in [0, 0.05) is 0 Å². The number of rotatable bonds is 1. The summed E-state index contributed by atoms with van der Waals surface area (Å²) >= 11 is 0. The molecule has 60 valence electrons. The number of hydrogen-bond donors (Lipinski definition) is 1. The minimum Gasteiger partial charge on any atom is -0.506 e. The fourth-order valence-corrected chi connectivity index (χ4v) is 0.809. The molecule has 1 heterocycles. The molecule has 0 saturated heterocycles. The van der Waals surface area contributed by atoms with Gasteiger partial charge in [0.1, 0.15) is 11.4 Å². The standard InChI is InChI=1S/C9H7NO2/c1-3-7-4-8(6(2)11)9(12)5-10-7/h1,4-5,12H,2H3. The van der Waals surface area contributed by atoms with E-state index >= 15 is 0 Å². The van der Waals surface area contributed by atoms with Crippen molar-refractivity contribution in [3.63, 3.8) is 0 Å². The third-order valence-corrected chi connectivity index (χ3v) is 1.41. The minimum absolute atomic E-state index is 0.137. The van der Waals surface area contributed by atoms with Gasteiger partial charge >= 0.3 is 0 Å². The minimum atomic E-state index is -0.230. The molecule has 3 heteroatoms. The molecule has 1 aromatic rings. The topological polar surface area (TPSA) is 50.2 Å². The first kappa shape index (κ1) is 8.28. The molecule has 3 nitrogen and oxygen atoms in total. The highest BCUT2D eigenvalue weighted by Gasteiger charge is 2.06. The van der Waals surface area contributed by atoms with Crippen molar-refractivity contribution in [2.75, 3.05) is 0 Å². The summed E-state index contributed by atoms with van der Waals surface area (Å²) in [6, 6.07) is 1.39. The van der Waals surface area contributed by atoms with Crippen LogP contribution >= 0.6 is 0 Å². The molecule has 0 unspecified atom stereocenters. The van der Waals surface area contributed by atoms with Gasteiger partial charge in [0.2, 0.25) is 0 Å². The van der Waals surface area contributed by atoms with E-state index < -0.39 is 0 Å². The van der Waals surface area contributed by atoms with E-state index in [4.69, 9.17) is 11.5 Å². The Hall–Kier alpha value is -1.82. The molecule has 1 aromatic heterocycles. The second-order valence-electron chi connectivity index (χ2n) is 2.29. The van der Waals surface area contributed by atoms with E-state index in [1.807, 2.05) is 0 Å². The van der Waals surface area contributed by atoms with Gasteiger partial charge in [-0.3, -0.25) is 4.79 Å². The van der Waals surface area contributed by atoms with Crippen LogP contribution in [0.25, 0.3) is 0 Å². The first-order valence-corrected chi connectivity index (χ1v) is 3.31. The van der Waals surface area contributed by atoms with Crippen LogP contribution in [0.4, 0.5) is 0 Å². The first-order valence-electron chi connectivity index (χ1n) is 3.31. The average Bonchev–Trinajstić information content (AvgIpc) is 2.05. The Labute approximate surface area is 70.1 Å². The molecule has 0 aliphatic heterocycles. The van der Waals surface area contributed by atoms with Gasteiger partial charge in [-0.15, -0.1) is 6.42 Å². The molecule has 1 rings (SSSR count). The third-order valence-electron chi connectivity index (χ3n) is 1.41. The van der Waals surface area contributed by atoms with E-state index in [-0.39, 0.29) is 17.1 Å². The van der Waals surface area contributed by atoms with Crippen LogP contribution in [0.15, 0.2) is 12.3 Å². The van der Waals surface area contributed by atoms with Crippen LogP contribution in [0.3, 0.4) is 0 Å². The van der Waals surface area contributed by atoms with Crippen LogP contribution < -0.4 is 0 Å². The zero-order chi connectivity index (χ0) is 9.14. The van der Waals surface area contributed by atoms with Gasteiger partial charge in [-0.2, -0.15) is 0 Å². The van der Waals surface area contributed by atoms with Crippen molar-refractivity contribution in [3.8, 4) is 18.1 Å². The van der Waals surface area contributed by atoms with Crippen molar-refractivity contribution in [3.05, 3.63) is 23.5 Å². The second-order valence-corrected chi connectivity index (χ2v) is 2.29. The summed E-state index contributed by atoms with van der Waals surface area (Å²) in [6.07, 6.45) is 6.24. The second kappa shape index (κ2) is 3.05. The maximum absolute atomic E-state index is 10.9. The molecular weight excluding hydrogens is 154 g/mol. The maximum Gasteiger partial charge on any atom is 0.163 e.